The molecule has 0 radical (unpaired) electrons. The normalized spacial score (nSPS) is 22.4. The van der Waals surface area contributed by atoms with E-state index >= 15 is 0 Å². The van der Waals surface area contributed by atoms with Crippen LogP contribution in [0.1, 0.15) is 17.9 Å². The molecule has 1 heterocycles. The molecule has 0 spiro atoms. The lowest BCUT2D eigenvalue weighted by atomic mass is 9.85. The topological polar surface area (TPSA) is 64.3 Å². The van der Waals surface area contributed by atoms with Gasteiger partial charge < -0.3 is 15.8 Å². The van der Waals surface area contributed by atoms with E-state index in [2.05, 4.69) is 5.32 Å². The van der Waals surface area contributed by atoms with Gasteiger partial charge in [0.2, 0.25) is 5.91 Å². The van der Waals surface area contributed by atoms with E-state index < -0.39 is 23.6 Å². The first-order chi connectivity index (χ1) is 8.52. The number of ether oxygens (including phenoxy) is 1. The number of piperidine rings is 1. The monoisotopic (exact) mass is 292 g/mol. The van der Waals surface area contributed by atoms with Crippen LogP contribution in [0.15, 0.2) is 12.1 Å². The second-order valence-corrected chi connectivity index (χ2v) is 4.28. The smallest absolute Gasteiger partial charge is 0.220 e. The van der Waals surface area contributed by atoms with Crippen LogP contribution in [0.4, 0.5) is 8.78 Å². The van der Waals surface area contributed by atoms with Crippen LogP contribution in [0.5, 0.6) is 5.75 Å². The van der Waals surface area contributed by atoms with Gasteiger partial charge in [0.25, 0.3) is 0 Å². The summed E-state index contributed by atoms with van der Waals surface area (Å²) in [4.78, 5) is 11.3. The molecular formula is C12H15ClF2N2O2. The van der Waals surface area contributed by atoms with Gasteiger partial charge in [0, 0.05) is 42.6 Å². The zero-order valence-corrected chi connectivity index (χ0v) is 11.1. The van der Waals surface area contributed by atoms with E-state index in [0.717, 1.165) is 12.1 Å². The Hall–Kier alpha value is -1.40. The fourth-order valence-electron chi connectivity index (χ4n) is 2.15. The van der Waals surface area contributed by atoms with Gasteiger partial charge in [0.15, 0.2) is 0 Å². The summed E-state index contributed by atoms with van der Waals surface area (Å²) in [5, 5.41) is 2.56. The Bertz CT molecular complexity index is 462. The van der Waals surface area contributed by atoms with Gasteiger partial charge in [-0.15, -0.1) is 12.4 Å². The minimum absolute atomic E-state index is 0. The van der Waals surface area contributed by atoms with E-state index in [4.69, 9.17) is 10.5 Å². The first kappa shape index (κ1) is 15.7. The molecule has 3 N–H and O–H groups in total. The largest absolute Gasteiger partial charge is 0.497 e. The second kappa shape index (κ2) is 6.16. The summed E-state index contributed by atoms with van der Waals surface area (Å²) in [6, 6.07) is 1.69. The van der Waals surface area contributed by atoms with E-state index in [1.54, 1.807) is 0 Å². The number of halogens is 3. The molecule has 1 aliphatic rings. The fraction of sp³-hybridized carbons (Fsp3) is 0.417. The summed E-state index contributed by atoms with van der Waals surface area (Å²) in [6.07, 6.45) is -0.0126. The maximum atomic E-state index is 13.9. The first-order valence-electron chi connectivity index (χ1n) is 5.58. The van der Waals surface area contributed by atoms with Gasteiger partial charge in [-0.25, -0.2) is 8.78 Å². The van der Waals surface area contributed by atoms with Crippen molar-refractivity contribution in [3.05, 3.63) is 29.3 Å². The number of carbonyl (C=O) groups excluding carboxylic acids is 1. The van der Waals surface area contributed by atoms with Crippen molar-refractivity contribution in [1.29, 1.82) is 0 Å². The third-order valence-electron chi connectivity index (χ3n) is 3.12. The van der Waals surface area contributed by atoms with Crippen LogP contribution in [-0.4, -0.2) is 25.6 Å². The standard InChI is InChI=1S/C12H14F2N2O2.ClH/c1-18-6-2-8(13)12(9(14)3-6)7-4-11(17)16-5-10(7)15;/h2-3,7,10H,4-5,15H2,1H3,(H,16,17);1H/t7-,10-;/m1./s1. The van der Waals surface area contributed by atoms with Gasteiger partial charge >= 0.3 is 0 Å². The predicted octanol–water partition coefficient (Wildman–Crippen LogP) is 1.33. The van der Waals surface area contributed by atoms with Crippen LogP contribution in [0.25, 0.3) is 0 Å². The fourth-order valence-corrected chi connectivity index (χ4v) is 2.15. The Morgan fingerprint density at radius 3 is 2.47 bits per heavy atom. The van der Waals surface area contributed by atoms with Crippen molar-refractivity contribution in [1.82, 2.24) is 5.32 Å². The van der Waals surface area contributed by atoms with Gasteiger partial charge in [-0.05, 0) is 0 Å². The number of rotatable bonds is 2. The Morgan fingerprint density at radius 2 is 1.95 bits per heavy atom. The summed E-state index contributed by atoms with van der Waals surface area (Å²) < 4.78 is 32.5. The van der Waals surface area contributed by atoms with Gasteiger partial charge in [0.05, 0.1) is 7.11 Å². The lowest BCUT2D eigenvalue weighted by Gasteiger charge is -2.29. The highest BCUT2D eigenvalue weighted by molar-refractivity contribution is 5.85. The molecule has 0 bridgehead atoms. The molecular weight excluding hydrogens is 278 g/mol. The number of carbonyl (C=O) groups is 1. The lowest BCUT2D eigenvalue weighted by Crippen LogP contribution is -2.48. The molecule has 0 unspecified atom stereocenters. The number of hydrogen-bond donors (Lipinski definition) is 2. The molecule has 0 aliphatic carbocycles. The predicted molar refractivity (Wildman–Crippen MR) is 68.5 cm³/mol. The van der Waals surface area contributed by atoms with Crippen molar-refractivity contribution in [2.45, 2.75) is 18.4 Å². The minimum atomic E-state index is -0.734. The minimum Gasteiger partial charge on any atom is -0.497 e. The molecule has 1 aliphatic heterocycles. The second-order valence-electron chi connectivity index (χ2n) is 4.28. The zero-order valence-electron chi connectivity index (χ0n) is 10.3. The van der Waals surface area contributed by atoms with E-state index in [1.165, 1.54) is 7.11 Å². The highest BCUT2D eigenvalue weighted by atomic mass is 35.5. The van der Waals surface area contributed by atoms with Crippen molar-refractivity contribution in [3.63, 3.8) is 0 Å². The molecule has 2 rings (SSSR count). The van der Waals surface area contributed by atoms with Crippen molar-refractivity contribution >= 4 is 18.3 Å². The number of methoxy groups -OCH3 is 1. The maximum Gasteiger partial charge on any atom is 0.220 e. The first-order valence-corrected chi connectivity index (χ1v) is 5.58. The molecule has 1 fully saturated rings. The number of nitrogens with two attached hydrogens (primary N) is 1. The summed E-state index contributed by atoms with van der Waals surface area (Å²) in [7, 11) is 1.33. The summed E-state index contributed by atoms with van der Waals surface area (Å²) >= 11 is 0. The maximum absolute atomic E-state index is 13.9. The zero-order chi connectivity index (χ0) is 13.3. The van der Waals surface area contributed by atoms with Crippen LogP contribution in [0.2, 0.25) is 0 Å². The van der Waals surface area contributed by atoms with Crippen LogP contribution in [0.3, 0.4) is 0 Å². The summed E-state index contributed by atoms with van der Waals surface area (Å²) in [5.41, 5.74) is 5.66. The average molecular weight is 293 g/mol. The van der Waals surface area contributed by atoms with E-state index in [1.807, 2.05) is 0 Å². The van der Waals surface area contributed by atoms with E-state index in [9.17, 15) is 13.6 Å². The van der Waals surface area contributed by atoms with Gasteiger partial charge in [-0.2, -0.15) is 0 Å². The number of benzene rings is 1. The highest BCUT2D eigenvalue weighted by Crippen LogP contribution is 2.32. The van der Waals surface area contributed by atoms with Crippen LogP contribution in [-0.2, 0) is 4.79 Å². The quantitative estimate of drug-likeness (QED) is 0.864. The van der Waals surface area contributed by atoms with E-state index in [-0.39, 0.29) is 42.6 Å². The van der Waals surface area contributed by atoms with Gasteiger partial charge in [0.1, 0.15) is 17.4 Å². The van der Waals surface area contributed by atoms with Crippen molar-refractivity contribution in [3.8, 4) is 5.75 Å². The number of nitrogens with one attached hydrogen (secondary N) is 1. The Kier molecular flexibility index (Phi) is 5.08. The van der Waals surface area contributed by atoms with Crippen molar-refractivity contribution < 1.29 is 18.3 Å². The molecule has 4 nitrogen and oxygen atoms in total. The van der Waals surface area contributed by atoms with Crippen molar-refractivity contribution in [2.75, 3.05) is 13.7 Å². The van der Waals surface area contributed by atoms with Gasteiger partial charge in [-0.3, -0.25) is 4.79 Å². The summed E-state index contributed by atoms with van der Waals surface area (Å²) in [6.45, 7) is 0.217. The molecule has 0 saturated carbocycles. The molecule has 1 saturated heterocycles. The summed E-state index contributed by atoms with van der Waals surface area (Å²) in [5.74, 6) is -2.27. The SMILES string of the molecule is COc1cc(F)c([C@@H]2CC(=O)NC[C@H]2N)c(F)c1.Cl. The van der Waals surface area contributed by atoms with E-state index in [0.29, 0.717) is 0 Å². The molecule has 2 atom stereocenters. The highest BCUT2D eigenvalue weighted by Gasteiger charge is 2.32. The molecule has 19 heavy (non-hydrogen) atoms. The molecule has 1 amide bonds. The lowest BCUT2D eigenvalue weighted by molar-refractivity contribution is -0.122. The third-order valence-corrected chi connectivity index (χ3v) is 3.12. The molecule has 106 valence electrons. The molecule has 7 heteroatoms. The van der Waals surface area contributed by atoms with Crippen LogP contribution in [0, 0.1) is 11.6 Å². The Morgan fingerprint density at radius 1 is 1.37 bits per heavy atom. The van der Waals surface area contributed by atoms with Crippen LogP contribution < -0.4 is 15.8 Å². The number of hydrogen-bond acceptors (Lipinski definition) is 3. The van der Waals surface area contributed by atoms with Crippen molar-refractivity contribution in [2.24, 2.45) is 5.73 Å². The Labute approximate surface area is 115 Å². The average Bonchev–Trinajstić information content (AvgIpc) is 2.32. The molecule has 1 aromatic rings. The number of amides is 1. The molecule has 0 aromatic heterocycles. The third kappa shape index (κ3) is 3.13. The van der Waals surface area contributed by atoms with Crippen LogP contribution >= 0.6 is 12.4 Å². The van der Waals surface area contributed by atoms with Gasteiger partial charge in [-0.1, -0.05) is 0 Å². The molecule has 1 aromatic carbocycles. The Balaban J connectivity index is 0.00000180.